The molecule has 0 radical (unpaired) electrons. The highest BCUT2D eigenvalue weighted by atomic mass is 32.2. The number of primary sulfonamides is 1. The van der Waals surface area contributed by atoms with E-state index in [1.807, 2.05) is 6.92 Å². The second-order valence-electron chi connectivity index (χ2n) is 5.39. The Morgan fingerprint density at radius 1 is 1.33 bits per heavy atom. The van der Waals surface area contributed by atoms with E-state index in [0.29, 0.717) is 5.56 Å². The fourth-order valence-electron chi connectivity index (χ4n) is 2.10. The summed E-state index contributed by atoms with van der Waals surface area (Å²) in [5.41, 5.74) is 1.07. The van der Waals surface area contributed by atoms with Gasteiger partial charge in [0, 0.05) is 11.6 Å². The average molecular weight is 312 g/mol. The fourth-order valence-corrected chi connectivity index (χ4v) is 2.64. The third-order valence-corrected chi connectivity index (χ3v) is 4.31. The number of amides is 1. The number of hydrogen-bond acceptors (Lipinski definition) is 3. The van der Waals surface area contributed by atoms with Crippen molar-refractivity contribution in [2.24, 2.45) is 5.14 Å². The minimum absolute atomic E-state index is 0.0445. The molecule has 1 amide bonds. The summed E-state index contributed by atoms with van der Waals surface area (Å²) < 4.78 is 22.7. The summed E-state index contributed by atoms with van der Waals surface area (Å²) in [6, 6.07) is 4.39. The molecule has 1 rings (SSSR count). The van der Waals surface area contributed by atoms with Gasteiger partial charge >= 0.3 is 0 Å². The lowest BCUT2D eigenvalue weighted by molar-refractivity contribution is 0.0937. The summed E-state index contributed by atoms with van der Waals surface area (Å²) in [5.74, 6) is -0.262. The van der Waals surface area contributed by atoms with Crippen LogP contribution >= 0.6 is 0 Å². The molecule has 0 fully saturated rings. The Bertz CT molecular complexity index is 597. The zero-order valence-corrected chi connectivity index (χ0v) is 13.7. The lowest BCUT2D eigenvalue weighted by atomic mass is 10.1. The zero-order valence-electron chi connectivity index (χ0n) is 12.8. The van der Waals surface area contributed by atoms with Gasteiger partial charge in [0.1, 0.15) is 0 Å². The molecular formula is C15H24N2O3S. The molecule has 5 nitrogen and oxygen atoms in total. The van der Waals surface area contributed by atoms with Crippen LogP contribution in [0.15, 0.2) is 23.1 Å². The number of hydrogen-bond donors (Lipinski definition) is 2. The Morgan fingerprint density at radius 2 is 2.00 bits per heavy atom. The van der Waals surface area contributed by atoms with E-state index in [1.165, 1.54) is 12.1 Å². The normalized spacial score (nSPS) is 13.0. The Balaban J connectivity index is 2.82. The number of benzene rings is 1. The van der Waals surface area contributed by atoms with Gasteiger partial charge in [0.15, 0.2) is 0 Å². The molecule has 0 aliphatic heterocycles. The molecule has 1 atom stereocenters. The van der Waals surface area contributed by atoms with Crippen molar-refractivity contribution in [3.8, 4) is 0 Å². The van der Waals surface area contributed by atoms with Crippen LogP contribution in [0.2, 0.25) is 0 Å². The summed E-state index contributed by atoms with van der Waals surface area (Å²) >= 11 is 0. The SMILES string of the molecule is CCCCCC(C)NC(=O)c1cc(S(N)(=O)=O)ccc1C. The summed E-state index contributed by atoms with van der Waals surface area (Å²) in [5, 5.41) is 8.00. The first-order valence-corrected chi connectivity index (χ1v) is 8.74. The second kappa shape index (κ2) is 7.56. The predicted octanol–water partition coefficient (Wildman–Crippen LogP) is 2.34. The number of rotatable bonds is 7. The highest BCUT2D eigenvalue weighted by Crippen LogP contribution is 2.15. The molecule has 0 bridgehead atoms. The molecule has 0 aliphatic carbocycles. The van der Waals surface area contributed by atoms with E-state index in [4.69, 9.17) is 5.14 Å². The molecule has 1 aromatic rings. The lowest BCUT2D eigenvalue weighted by Gasteiger charge is -2.15. The van der Waals surface area contributed by atoms with Gasteiger partial charge in [0.05, 0.1) is 4.90 Å². The lowest BCUT2D eigenvalue weighted by Crippen LogP contribution is -2.33. The molecule has 1 unspecified atom stereocenters. The zero-order chi connectivity index (χ0) is 16.0. The van der Waals surface area contributed by atoms with Gasteiger partial charge in [-0.25, -0.2) is 13.6 Å². The van der Waals surface area contributed by atoms with Crippen molar-refractivity contribution in [1.82, 2.24) is 5.32 Å². The summed E-state index contributed by atoms with van der Waals surface area (Å²) in [7, 11) is -3.80. The third-order valence-electron chi connectivity index (χ3n) is 3.40. The van der Waals surface area contributed by atoms with Crippen LogP contribution in [0.4, 0.5) is 0 Å². The van der Waals surface area contributed by atoms with E-state index >= 15 is 0 Å². The van der Waals surface area contributed by atoms with Crippen molar-refractivity contribution in [3.63, 3.8) is 0 Å². The number of nitrogens with two attached hydrogens (primary N) is 1. The van der Waals surface area contributed by atoms with Gasteiger partial charge in [0.2, 0.25) is 10.0 Å². The van der Waals surface area contributed by atoms with Crippen molar-refractivity contribution in [3.05, 3.63) is 29.3 Å². The highest BCUT2D eigenvalue weighted by Gasteiger charge is 2.16. The van der Waals surface area contributed by atoms with Gasteiger partial charge in [-0.3, -0.25) is 4.79 Å². The fraction of sp³-hybridized carbons (Fsp3) is 0.533. The van der Waals surface area contributed by atoms with Crippen LogP contribution in [0.5, 0.6) is 0 Å². The molecule has 118 valence electrons. The summed E-state index contributed by atoms with van der Waals surface area (Å²) in [6.45, 7) is 5.85. The van der Waals surface area contributed by atoms with E-state index in [1.54, 1.807) is 13.0 Å². The number of carbonyl (C=O) groups is 1. The van der Waals surface area contributed by atoms with Crippen molar-refractivity contribution in [2.75, 3.05) is 0 Å². The van der Waals surface area contributed by atoms with Crippen LogP contribution < -0.4 is 10.5 Å². The molecule has 0 heterocycles. The van der Waals surface area contributed by atoms with Gasteiger partial charge < -0.3 is 5.32 Å². The molecule has 0 spiro atoms. The van der Waals surface area contributed by atoms with Gasteiger partial charge in [0.25, 0.3) is 5.91 Å². The average Bonchev–Trinajstić information content (AvgIpc) is 2.37. The van der Waals surface area contributed by atoms with Gasteiger partial charge in [-0.05, 0) is 38.0 Å². The maximum absolute atomic E-state index is 12.2. The molecule has 3 N–H and O–H groups in total. The van der Waals surface area contributed by atoms with Crippen LogP contribution in [0, 0.1) is 6.92 Å². The van der Waals surface area contributed by atoms with E-state index in [-0.39, 0.29) is 16.8 Å². The largest absolute Gasteiger partial charge is 0.350 e. The van der Waals surface area contributed by atoms with Gasteiger partial charge in [-0.15, -0.1) is 0 Å². The first-order chi connectivity index (χ1) is 9.75. The minimum Gasteiger partial charge on any atom is -0.350 e. The maximum Gasteiger partial charge on any atom is 0.251 e. The predicted molar refractivity (Wildman–Crippen MR) is 83.6 cm³/mol. The molecule has 1 aromatic carbocycles. The van der Waals surface area contributed by atoms with Crippen LogP contribution in [0.25, 0.3) is 0 Å². The topological polar surface area (TPSA) is 89.3 Å². The molecule has 0 aliphatic rings. The number of carbonyl (C=O) groups excluding carboxylic acids is 1. The van der Waals surface area contributed by atoms with Crippen molar-refractivity contribution < 1.29 is 13.2 Å². The molecule has 0 saturated carbocycles. The van der Waals surface area contributed by atoms with Crippen molar-refractivity contribution in [2.45, 2.75) is 57.4 Å². The Morgan fingerprint density at radius 3 is 2.57 bits per heavy atom. The van der Waals surface area contributed by atoms with Crippen LogP contribution in [-0.4, -0.2) is 20.4 Å². The van der Waals surface area contributed by atoms with E-state index in [2.05, 4.69) is 12.2 Å². The first kappa shape index (κ1) is 17.7. The third kappa shape index (κ3) is 5.47. The van der Waals surface area contributed by atoms with E-state index in [0.717, 1.165) is 31.2 Å². The first-order valence-electron chi connectivity index (χ1n) is 7.20. The van der Waals surface area contributed by atoms with Crippen molar-refractivity contribution in [1.29, 1.82) is 0 Å². The highest BCUT2D eigenvalue weighted by molar-refractivity contribution is 7.89. The van der Waals surface area contributed by atoms with Crippen LogP contribution in [0.3, 0.4) is 0 Å². The quantitative estimate of drug-likeness (QED) is 0.757. The smallest absolute Gasteiger partial charge is 0.251 e. The molecule has 21 heavy (non-hydrogen) atoms. The van der Waals surface area contributed by atoms with Crippen molar-refractivity contribution >= 4 is 15.9 Å². The number of aryl methyl sites for hydroxylation is 1. The number of unbranched alkanes of at least 4 members (excludes halogenated alkanes) is 2. The molecular weight excluding hydrogens is 288 g/mol. The molecule has 0 saturated heterocycles. The van der Waals surface area contributed by atoms with Gasteiger partial charge in [-0.2, -0.15) is 0 Å². The standard InChI is InChI=1S/C15H24N2O3S/c1-4-5-6-7-12(3)17-15(18)14-10-13(21(16,19)20)9-8-11(14)2/h8-10,12H,4-7H2,1-3H3,(H,17,18)(H2,16,19,20). The van der Waals surface area contributed by atoms with E-state index in [9.17, 15) is 13.2 Å². The Hall–Kier alpha value is -1.40. The number of nitrogens with one attached hydrogen (secondary N) is 1. The Labute approximate surface area is 127 Å². The Kier molecular flexibility index (Phi) is 6.36. The maximum atomic E-state index is 12.2. The van der Waals surface area contributed by atoms with Crippen LogP contribution in [-0.2, 0) is 10.0 Å². The summed E-state index contributed by atoms with van der Waals surface area (Å²) in [4.78, 5) is 12.2. The van der Waals surface area contributed by atoms with Crippen LogP contribution in [0.1, 0.15) is 55.5 Å². The molecule has 0 aromatic heterocycles. The van der Waals surface area contributed by atoms with E-state index < -0.39 is 10.0 Å². The number of sulfonamides is 1. The van der Waals surface area contributed by atoms with Gasteiger partial charge in [-0.1, -0.05) is 32.3 Å². The second-order valence-corrected chi connectivity index (χ2v) is 6.95. The minimum atomic E-state index is -3.80. The molecule has 6 heteroatoms. The monoisotopic (exact) mass is 312 g/mol. The summed E-state index contributed by atoms with van der Waals surface area (Å²) in [6.07, 6.45) is 4.25.